The van der Waals surface area contributed by atoms with Crippen LogP contribution in [0.25, 0.3) is 0 Å². The number of hydrogen-bond acceptors (Lipinski definition) is 4. The van der Waals surface area contributed by atoms with Crippen LogP contribution in [-0.2, 0) is 15.6 Å². The van der Waals surface area contributed by atoms with Gasteiger partial charge in [0.2, 0.25) is 0 Å². The van der Waals surface area contributed by atoms with Gasteiger partial charge in [0, 0.05) is 18.2 Å². The first kappa shape index (κ1) is 17.6. The zero-order valence-corrected chi connectivity index (χ0v) is 14.7. The third-order valence-corrected chi connectivity index (χ3v) is 6.10. The molecule has 1 aliphatic carbocycles. The van der Waals surface area contributed by atoms with E-state index in [2.05, 4.69) is 5.32 Å². The maximum absolute atomic E-state index is 12.5. The minimum atomic E-state index is -3.44. The van der Waals surface area contributed by atoms with Crippen LogP contribution in [0, 0.1) is 5.92 Å². The summed E-state index contributed by atoms with van der Waals surface area (Å²) in [5.41, 5.74) is 7.13. The fourth-order valence-corrected chi connectivity index (χ4v) is 4.04. The van der Waals surface area contributed by atoms with Crippen molar-refractivity contribution in [2.75, 3.05) is 6.54 Å². The molecule has 1 aliphatic rings. The van der Waals surface area contributed by atoms with E-state index in [9.17, 15) is 13.2 Å². The highest BCUT2D eigenvalue weighted by Crippen LogP contribution is 2.31. The van der Waals surface area contributed by atoms with Crippen LogP contribution in [0.3, 0.4) is 0 Å². The van der Waals surface area contributed by atoms with Gasteiger partial charge < -0.3 is 11.1 Å². The molecular weight excluding hydrogens is 336 g/mol. The number of nitrogens with two attached hydrogens (primary N) is 1. The van der Waals surface area contributed by atoms with Crippen LogP contribution >= 0.6 is 0 Å². The first-order valence-corrected chi connectivity index (χ1v) is 10.0. The number of carbonyl (C=O) groups is 1. The third-order valence-electron chi connectivity index (χ3n) is 4.40. The van der Waals surface area contributed by atoms with E-state index in [0.29, 0.717) is 18.0 Å². The van der Waals surface area contributed by atoms with Crippen LogP contribution in [0.5, 0.6) is 0 Å². The molecule has 3 rings (SSSR count). The topological polar surface area (TPSA) is 89.3 Å². The number of sulfone groups is 1. The maximum Gasteiger partial charge on any atom is 0.251 e. The molecule has 3 N–H and O–H groups in total. The summed E-state index contributed by atoms with van der Waals surface area (Å²) in [4.78, 5) is 12.3. The fourth-order valence-electron chi connectivity index (χ4n) is 2.69. The smallest absolute Gasteiger partial charge is 0.251 e. The summed E-state index contributed by atoms with van der Waals surface area (Å²) in [7, 11) is -3.44. The first-order chi connectivity index (χ1) is 12.0. The molecule has 5 nitrogen and oxygen atoms in total. The number of benzene rings is 2. The van der Waals surface area contributed by atoms with Crippen molar-refractivity contribution in [2.24, 2.45) is 11.7 Å². The Labute approximate surface area is 148 Å². The average molecular weight is 358 g/mol. The normalized spacial score (nSPS) is 15.6. The first-order valence-electron chi connectivity index (χ1n) is 8.36. The Balaban J connectivity index is 1.63. The van der Waals surface area contributed by atoms with Crippen molar-refractivity contribution < 1.29 is 13.2 Å². The van der Waals surface area contributed by atoms with E-state index in [1.54, 1.807) is 12.1 Å². The van der Waals surface area contributed by atoms with Crippen LogP contribution in [0.15, 0.2) is 59.5 Å². The van der Waals surface area contributed by atoms with Crippen LogP contribution in [0.1, 0.15) is 28.8 Å². The molecule has 0 aliphatic heterocycles. The van der Waals surface area contributed by atoms with Gasteiger partial charge in [0.05, 0.1) is 10.6 Å². The van der Waals surface area contributed by atoms with Crippen molar-refractivity contribution in [2.45, 2.75) is 29.5 Å². The maximum atomic E-state index is 12.5. The molecular formula is C19H22N2O3S. The lowest BCUT2D eigenvalue weighted by atomic mass is 10.2. The Hall–Kier alpha value is -2.18. The van der Waals surface area contributed by atoms with Crippen molar-refractivity contribution in [1.29, 1.82) is 0 Å². The van der Waals surface area contributed by atoms with Gasteiger partial charge in [-0.1, -0.05) is 30.3 Å². The van der Waals surface area contributed by atoms with E-state index in [0.717, 1.165) is 18.4 Å². The highest BCUT2D eigenvalue weighted by Gasteiger charge is 2.28. The number of amides is 1. The predicted octanol–water partition coefficient (Wildman–Crippen LogP) is 2.13. The monoisotopic (exact) mass is 358 g/mol. The second kappa shape index (κ2) is 7.37. The summed E-state index contributed by atoms with van der Waals surface area (Å²) < 4.78 is 24.9. The minimum Gasteiger partial charge on any atom is -0.350 e. The lowest BCUT2D eigenvalue weighted by Crippen LogP contribution is -2.38. The second-order valence-corrected chi connectivity index (χ2v) is 8.47. The molecule has 132 valence electrons. The Morgan fingerprint density at radius 3 is 2.32 bits per heavy atom. The summed E-state index contributed by atoms with van der Waals surface area (Å²) in [6.07, 6.45) is 2.26. The average Bonchev–Trinajstić information content (AvgIpc) is 3.45. The van der Waals surface area contributed by atoms with Crippen molar-refractivity contribution in [3.05, 3.63) is 65.7 Å². The summed E-state index contributed by atoms with van der Waals surface area (Å²) in [5.74, 6) is 0.226. The molecule has 1 unspecified atom stereocenters. The zero-order valence-electron chi connectivity index (χ0n) is 13.9. The SMILES string of the molecule is NC(CNC(=O)c1ccc(S(=O)(=O)Cc2ccccc2)cc1)C1CC1. The van der Waals surface area contributed by atoms with Crippen LogP contribution in [0.2, 0.25) is 0 Å². The fraction of sp³-hybridized carbons (Fsp3) is 0.316. The Bertz CT molecular complexity index is 829. The second-order valence-electron chi connectivity index (χ2n) is 6.48. The van der Waals surface area contributed by atoms with E-state index in [4.69, 9.17) is 5.73 Å². The summed E-state index contributed by atoms with van der Waals surface area (Å²) in [5, 5.41) is 2.80. The Kier molecular flexibility index (Phi) is 5.20. The molecule has 1 saturated carbocycles. The highest BCUT2D eigenvalue weighted by atomic mass is 32.2. The van der Waals surface area contributed by atoms with Crippen LogP contribution in [-0.4, -0.2) is 26.9 Å². The van der Waals surface area contributed by atoms with Crippen LogP contribution < -0.4 is 11.1 Å². The lowest BCUT2D eigenvalue weighted by Gasteiger charge is -2.12. The molecule has 0 saturated heterocycles. The Morgan fingerprint density at radius 1 is 1.08 bits per heavy atom. The summed E-state index contributed by atoms with van der Waals surface area (Å²) >= 11 is 0. The molecule has 2 aromatic rings. The quantitative estimate of drug-likeness (QED) is 0.793. The van der Waals surface area contributed by atoms with Gasteiger partial charge in [-0.2, -0.15) is 0 Å². The third kappa shape index (κ3) is 4.67. The Morgan fingerprint density at radius 2 is 1.72 bits per heavy atom. The van der Waals surface area contributed by atoms with Gasteiger partial charge in [-0.05, 0) is 48.6 Å². The minimum absolute atomic E-state index is 0.00512. The number of hydrogen-bond donors (Lipinski definition) is 2. The van der Waals surface area contributed by atoms with Gasteiger partial charge in [-0.15, -0.1) is 0 Å². The molecule has 0 spiro atoms. The highest BCUT2D eigenvalue weighted by molar-refractivity contribution is 7.90. The van der Waals surface area contributed by atoms with Gasteiger partial charge in [0.1, 0.15) is 0 Å². The molecule has 0 bridgehead atoms. The molecule has 2 aromatic carbocycles. The molecule has 0 radical (unpaired) electrons. The number of nitrogens with one attached hydrogen (secondary N) is 1. The van der Waals surface area contributed by atoms with Gasteiger partial charge in [0.25, 0.3) is 5.91 Å². The molecule has 1 amide bonds. The molecule has 6 heteroatoms. The largest absolute Gasteiger partial charge is 0.350 e. The molecule has 0 aromatic heterocycles. The zero-order chi connectivity index (χ0) is 17.9. The van der Waals surface area contributed by atoms with E-state index >= 15 is 0 Å². The number of rotatable bonds is 7. The van der Waals surface area contributed by atoms with Crippen molar-refractivity contribution in [3.63, 3.8) is 0 Å². The number of carbonyl (C=O) groups excluding carboxylic acids is 1. The van der Waals surface area contributed by atoms with Crippen LogP contribution in [0.4, 0.5) is 0 Å². The van der Waals surface area contributed by atoms with Gasteiger partial charge >= 0.3 is 0 Å². The van der Waals surface area contributed by atoms with Crippen molar-refractivity contribution in [1.82, 2.24) is 5.32 Å². The summed E-state index contributed by atoms with van der Waals surface area (Å²) in [6.45, 7) is 0.442. The van der Waals surface area contributed by atoms with Crippen molar-refractivity contribution >= 4 is 15.7 Å². The molecule has 1 atom stereocenters. The van der Waals surface area contributed by atoms with E-state index in [1.165, 1.54) is 24.3 Å². The standard InChI is InChI=1S/C19H22N2O3S/c20-18(15-6-7-15)12-21-19(22)16-8-10-17(11-9-16)25(23,24)13-14-4-2-1-3-5-14/h1-5,8-11,15,18H,6-7,12-13,20H2,(H,21,22). The summed E-state index contributed by atoms with van der Waals surface area (Å²) in [6, 6.07) is 15.1. The molecule has 25 heavy (non-hydrogen) atoms. The van der Waals surface area contributed by atoms with E-state index < -0.39 is 9.84 Å². The van der Waals surface area contributed by atoms with E-state index in [1.807, 2.05) is 18.2 Å². The predicted molar refractivity (Wildman–Crippen MR) is 96.8 cm³/mol. The van der Waals surface area contributed by atoms with E-state index in [-0.39, 0.29) is 22.6 Å². The lowest BCUT2D eigenvalue weighted by molar-refractivity contribution is 0.0950. The van der Waals surface area contributed by atoms with Gasteiger partial charge in [-0.3, -0.25) is 4.79 Å². The molecule has 0 heterocycles. The molecule has 1 fully saturated rings. The van der Waals surface area contributed by atoms with Gasteiger partial charge in [-0.25, -0.2) is 8.42 Å². The van der Waals surface area contributed by atoms with Gasteiger partial charge in [0.15, 0.2) is 9.84 Å². The van der Waals surface area contributed by atoms with Crippen molar-refractivity contribution in [3.8, 4) is 0 Å².